The van der Waals surface area contributed by atoms with E-state index in [9.17, 15) is 4.79 Å². The highest BCUT2D eigenvalue weighted by Gasteiger charge is 2.06. The normalized spacial score (nSPS) is 11.4. The van der Waals surface area contributed by atoms with Crippen LogP contribution in [0.5, 0.6) is 0 Å². The Morgan fingerprint density at radius 2 is 1.85 bits per heavy atom. The van der Waals surface area contributed by atoms with Gasteiger partial charge in [-0.2, -0.15) is 0 Å². The summed E-state index contributed by atoms with van der Waals surface area (Å²) in [6.45, 7) is 6.81. The summed E-state index contributed by atoms with van der Waals surface area (Å²) < 4.78 is 0. The molecule has 2 aromatic heterocycles. The fourth-order valence-corrected chi connectivity index (χ4v) is 3.30. The van der Waals surface area contributed by atoms with Crippen molar-refractivity contribution in [3.63, 3.8) is 0 Å². The number of nitrogens with zero attached hydrogens (tertiary/aromatic N) is 1. The second-order valence-electron chi connectivity index (χ2n) is 7.34. The van der Waals surface area contributed by atoms with Gasteiger partial charge in [0.2, 0.25) is 0 Å². The number of anilines is 1. The Labute approximate surface area is 158 Å². The van der Waals surface area contributed by atoms with E-state index in [0.717, 1.165) is 38.8 Å². The van der Waals surface area contributed by atoms with Gasteiger partial charge in [0.25, 0.3) is 5.56 Å². The van der Waals surface area contributed by atoms with Crippen LogP contribution in [-0.2, 0) is 6.54 Å². The van der Waals surface area contributed by atoms with Crippen LogP contribution in [0.3, 0.4) is 0 Å². The molecular formula is C23H23N3O. The number of pyridine rings is 2. The maximum Gasteiger partial charge on any atom is 0.253 e. The van der Waals surface area contributed by atoms with Crippen molar-refractivity contribution in [3.05, 3.63) is 81.8 Å². The fraction of sp³-hybridized carbons (Fsp3) is 0.217. The van der Waals surface area contributed by atoms with Gasteiger partial charge in [-0.05, 0) is 66.3 Å². The Balaban J connectivity index is 1.62. The second kappa shape index (κ2) is 6.88. The number of fused-ring (bicyclic) bond motifs is 2. The first-order valence-corrected chi connectivity index (χ1v) is 9.27. The average Bonchev–Trinajstić information content (AvgIpc) is 2.65. The van der Waals surface area contributed by atoms with Crippen molar-refractivity contribution in [1.82, 2.24) is 9.97 Å². The minimum atomic E-state index is -0.0506. The van der Waals surface area contributed by atoms with Crippen LogP contribution in [0.4, 0.5) is 5.69 Å². The highest BCUT2D eigenvalue weighted by atomic mass is 16.1. The number of hydrogen-bond donors (Lipinski definition) is 2. The summed E-state index contributed by atoms with van der Waals surface area (Å²) in [6, 6.07) is 18.3. The van der Waals surface area contributed by atoms with Crippen LogP contribution in [0.15, 0.2) is 59.4 Å². The molecular weight excluding hydrogens is 334 g/mol. The van der Waals surface area contributed by atoms with E-state index in [1.54, 1.807) is 0 Å². The molecule has 0 spiro atoms. The molecule has 0 atom stereocenters. The summed E-state index contributed by atoms with van der Waals surface area (Å²) >= 11 is 0. The van der Waals surface area contributed by atoms with Crippen LogP contribution in [0.2, 0.25) is 0 Å². The Hall–Kier alpha value is -3.14. The summed E-state index contributed by atoms with van der Waals surface area (Å²) in [7, 11) is 0. The molecule has 0 aliphatic carbocycles. The van der Waals surface area contributed by atoms with Crippen molar-refractivity contribution < 1.29 is 0 Å². The van der Waals surface area contributed by atoms with Gasteiger partial charge in [0.05, 0.1) is 5.52 Å². The Morgan fingerprint density at radius 1 is 1.00 bits per heavy atom. The smallest absolute Gasteiger partial charge is 0.253 e. The van der Waals surface area contributed by atoms with E-state index in [1.807, 2.05) is 37.3 Å². The third-order valence-electron chi connectivity index (χ3n) is 4.92. The number of hydrogen-bond acceptors (Lipinski definition) is 3. The van der Waals surface area contributed by atoms with Gasteiger partial charge in [0, 0.05) is 34.4 Å². The predicted molar refractivity (Wildman–Crippen MR) is 112 cm³/mol. The lowest BCUT2D eigenvalue weighted by atomic mass is 10.0. The Bertz CT molecular complexity index is 1190. The number of aromatic amines is 1. The van der Waals surface area contributed by atoms with Gasteiger partial charge in [-0.25, -0.2) is 0 Å². The summed E-state index contributed by atoms with van der Waals surface area (Å²) in [4.78, 5) is 19.9. The largest absolute Gasteiger partial charge is 0.381 e. The zero-order valence-corrected chi connectivity index (χ0v) is 15.8. The minimum Gasteiger partial charge on any atom is -0.381 e. The third-order valence-corrected chi connectivity index (χ3v) is 4.92. The lowest BCUT2D eigenvalue weighted by molar-refractivity contribution is 0.868. The molecule has 0 aliphatic rings. The summed E-state index contributed by atoms with van der Waals surface area (Å²) in [5, 5.41) is 5.51. The van der Waals surface area contributed by atoms with E-state index in [2.05, 4.69) is 53.4 Å². The number of aryl methyl sites for hydroxylation is 1. The zero-order valence-electron chi connectivity index (χ0n) is 15.8. The zero-order chi connectivity index (χ0) is 19.0. The van der Waals surface area contributed by atoms with Crippen LogP contribution >= 0.6 is 0 Å². The highest BCUT2D eigenvalue weighted by Crippen LogP contribution is 2.21. The molecule has 2 N–H and O–H groups in total. The number of H-pyrrole nitrogens is 1. The van der Waals surface area contributed by atoms with E-state index in [1.165, 1.54) is 5.56 Å². The standard InChI is InChI=1S/C23H23N3O/c1-14(2)16-6-8-22-18(10-16)11-19(23(27)26-22)13-24-20-7-9-21-17(12-20)5-4-15(3)25-21/h4-12,14,24H,13H2,1-3H3,(H,26,27). The van der Waals surface area contributed by atoms with E-state index < -0.39 is 0 Å². The first kappa shape index (κ1) is 17.3. The van der Waals surface area contributed by atoms with E-state index in [4.69, 9.17) is 0 Å². The summed E-state index contributed by atoms with van der Waals surface area (Å²) in [5.41, 5.74) is 5.78. The maximum atomic E-state index is 12.4. The first-order chi connectivity index (χ1) is 13.0. The van der Waals surface area contributed by atoms with Gasteiger partial charge in [-0.15, -0.1) is 0 Å². The fourth-order valence-electron chi connectivity index (χ4n) is 3.30. The first-order valence-electron chi connectivity index (χ1n) is 9.27. The van der Waals surface area contributed by atoms with Crippen molar-refractivity contribution in [2.24, 2.45) is 0 Å². The van der Waals surface area contributed by atoms with Gasteiger partial charge >= 0.3 is 0 Å². The molecule has 0 amide bonds. The Morgan fingerprint density at radius 3 is 2.67 bits per heavy atom. The summed E-state index contributed by atoms with van der Waals surface area (Å²) in [6.07, 6.45) is 0. The van der Waals surface area contributed by atoms with Crippen molar-refractivity contribution in [2.75, 3.05) is 5.32 Å². The van der Waals surface area contributed by atoms with Crippen LogP contribution in [0.25, 0.3) is 21.8 Å². The number of benzene rings is 2. The van der Waals surface area contributed by atoms with Crippen LogP contribution < -0.4 is 10.9 Å². The number of nitrogens with one attached hydrogen (secondary N) is 2. The molecule has 27 heavy (non-hydrogen) atoms. The van der Waals surface area contributed by atoms with E-state index >= 15 is 0 Å². The quantitative estimate of drug-likeness (QED) is 0.533. The van der Waals surface area contributed by atoms with Crippen molar-refractivity contribution in [3.8, 4) is 0 Å². The minimum absolute atomic E-state index is 0.0506. The monoisotopic (exact) mass is 357 g/mol. The van der Waals surface area contributed by atoms with Gasteiger partial charge in [-0.3, -0.25) is 9.78 Å². The molecule has 4 aromatic rings. The molecule has 0 saturated heterocycles. The van der Waals surface area contributed by atoms with Gasteiger partial charge in [0.1, 0.15) is 0 Å². The van der Waals surface area contributed by atoms with Crippen LogP contribution in [0.1, 0.15) is 36.6 Å². The molecule has 0 fully saturated rings. The van der Waals surface area contributed by atoms with Crippen molar-refractivity contribution in [2.45, 2.75) is 33.2 Å². The van der Waals surface area contributed by atoms with Crippen LogP contribution in [-0.4, -0.2) is 9.97 Å². The third kappa shape index (κ3) is 3.56. The molecule has 0 bridgehead atoms. The maximum absolute atomic E-state index is 12.4. The van der Waals surface area contributed by atoms with Gasteiger partial charge in [0.15, 0.2) is 0 Å². The SMILES string of the molecule is Cc1ccc2cc(NCc3cc4cc(C(C)C)ccc4[nH]c3=O)ccc2n1. The molecule has 0 unspecified atom stereocenters. The predicted octanol–water partition coefficient (Wildman–Crippen LogP) is 5.12. The molecule has 4 rings (SSSR count). The van der Waals surface area contributed by atoms with Crippen molar-refractivity contribution >= 4 is 27.5 Å². The van der Waals surface area contributed by atoms with Crippen LogP contribution in [0, 0.1) is 6.92 Å². The lowest BCUT2D eigenvalue weighted by Crippen LogP contribution is -2.15. The lowest BCUT2D eigenvalue weighted by Gasteiger charge is -2.10. The molecule has 0 aliphatic heterocycles. The molecule has 0 saturated carbocycles. The van der Waals surface area contributed by atoms with Gasteiger partial charge < -0.3 is 10.3 Å². The van der Waals surface area contributed by atoms with E-state index in [-0.39, 0.29) is 5.56 Å². The number of rotatable bonds is 4. The summed E-state index contributed by atoms with van der Waals surface area (Å²) in [5.74, 6) is 0.456. The van der Waals surface area contributed by atoms with E-state index in [0.29, 0.717) is 12.5 Å². The molecule has 2 heterocycles. The second-order valence-corrected chi connectivity index (χ2v) is 7.34. The molecule has 4 nitrogen and oxygen atoms in total. The Kier molecular flexibility index (Phi) is 4.40. The average molecular weight is 357 g/mol. The number of aromatic nitrogens is 2. The topological polar surface area (TPSA) is 57.8 Å². The highest BCUT2D eigenvalue weighted by molar-refractivity contribution is 5.83. The van der Waals surface area contributed by atoms with Gasteiger partial charge in [-0.1, -0.05) is 26.0 Å². The molecule has 2 aromatic carbocycles. The molecule has 4 heteroatoms. The molecule has 136 valence electrons. The molecule has 0 radical (unpaired) electrons. The van der Waals surface area contributed by atoms with Crippen molar-refractivity contribution in [1.29, 1.82) is 0 Å².